The van der Waals surface area contributed by atoms with Crippen LogP contribution in [0.2, 0.25) is 0 Å². The number of nitrogens with one attached hydrogen (secondary N) is 1. The molecule has 0 aromatic carbocycles. The Balaban J connectivity index is 1.97. The van der Waals surface area contributed by atoms with E-state index >= 15 is 0 Å². The molecule has 86 valence electrons. The highest BCUT2D eigenvalue weighted by Gasteiger charge is 2.39. The zero-order chi connectivity index (χ0) is 10.8. The van der Waals surface area contributed by atoms with E-state index in [2.05, 4.69) is 19.2 Å². The molecule has 3 atom stereocenters. The molecule has 3 unspecified atom stereocenters. The SMILES string of the molecule is CC(C)CC1NC(=O)CC1C1CCOC1. The summed E-state index contributed by atoms with van der Waals surface area (Å²) in [6, 6.07) is 0.393. The van der Waals surface area contributed by atoms with Crippen LogP contribution in [0.15, 0.2) is 0 Å². The lowest BCUT2D eigenvalue weighted by molar-refractivity contribution is -0.119. The van der Waals surface area contributed by atoms with Crippen LogP contribution in [0.5, 0.6) is 0 Å². The lowest BCUT2D eigenvalue weighted by atomic mass is 9.82. The summed E-state index contributed by atoms with van der Waals surface area (Å²) in [5.41, 5.74) is 0. The monoisotopic (exact) mass is 211 g/mol. The molecule has 0 aliphatic carbocycles. The van der Waals surface area contributed by atoms with Gasteiger partial charge < -0.3 is 10.1 Å². The zero-order valence-corrected chi connectivity index (χ0v) is 9.66. The number of amides is 1. The average molecular weight is 211 g/mol. The van der Waals surface area contributed by atoms with Crippen LogP contribution in [-0.4, -0.2) is 25.2 Å². The predicted molar refractivity (Wildman–Crippen MR) is 58.4 cm³/mol. The Morgan fingerprint density at radius 2 is 2.33 bits per heavy atom. The van der Waals surface area contributed by atoms with Crippen molar-refractivity contribution in [3.63, 3.8) is 0 Å². The molecule has 0 aromatic heterocycles. The molecule has 1 N–H and O–H groups in total. The molecule has 0 spiro atoms. The molecule has 2 rings (SSSR count). The normalized spacial score (nSPS) is 36.2. The van der Waals surface area contributed by atoms with Crippen LogP contribution in [0.4, 0.5) is 0 Å². The summed E-state index contributed by atoms with van der Waals surface area (Å²) in [6.07, 6.45) is 2.95. The van der Waals surface area contributed by atoms with Gasteiger partial charge in [-0.3, -0.25) is 4.79 Å². The van der Waals surface area contributed by atoms with Gasteiger partial charge in [-0.1, -0.05) is 13.8 Å². The highest BCUT2D eigenvalue weighted by molar-refractivity contribution is 5.79. The van der Waals surface area contributed by atoms with Crippen LogP contribution in [0, 0.1) is 17.8 Å². The first-order chi connectivity index (χ1) is 7.16. The summed E-state index contributed by atoms with van der Waals surface area (Å²) < 4.78 is 5.42. The van der Waals surface area contributed by atoms with E-state index in [0.717, 1.165) is 26.1 Å². The van der Waals surface area contributed by atoms with Crippen molar-refractivity contribution in [3.8, 4) is 0 Å². The number of hydrogen-bond donors (Lipinski definition) is 1. The van der Waals surface area contributed by atoms with Crippen LogP contribution in [0.1, 0.15) is 33.1 Å². The van der Waals surface area contributed by atoms with Gasteiger partial charge in [-0.2, -0.15) is 0 Å². The molecule has 0 bridgehead atoms. The van der Waals surface area contributed by atoms with Gasteiger partial charge in [0.15, 0.2) is 0 Å². The van der Waals surface area contributed by atoms with Crippen molar-refractivity contribution in [1.29, 1.82) is 0 Å². The smallest absolute Gasteiger partial charge is 0.220 e. The lowest BCUT2D eigenvalue weighted by Gasteiger charge is -2.24. The molecule has 15 heavy (non-hydrogen) atoms. The van der Waals surface area contributed by atoms with E-state index in [1.807, 2.05) is 0 Å². The fraction of sp³-hybridized carbons (Fsp3) is 0.917. The predicted octanol–water partition coefficient (Wildman–Crippen LogP) is 1.57. The molecule has 0 saturated carbocycles. The van der Waals surface area contributed by atoms with Crippen molar-refractivity contribution in [2.45, 2.75) is 39.2 Å². The van der Waals surface area contributed by atoms with Gasteiger partial charge in [0.2, 0.25) is 5.91 Å². The molecule has 2 aliphatic heterocycles. The summed E-state index contributed by atoms with van der Waals surface area (Å²) in [4.78, 5) is 11.5. The van der Waals surface area contributed by atoms with Crippen LogP contribution < -0.4 is 5.32 Å². The minimum atomic E-state index is 0.234. The Bertz CT molecular complexity index is 234. The van der Waals surface area contributed by atoms with Crippen LogP contribution in [0.25, 0.3) is 0 Å². The van der Waals surface area contributed by atoms with Crippen molar-refractivity contribution in [2.24, 2.45) is 17.8 Å². The molecule has 2 heterocycles. The quantitative estimate of drug-likeness (QED) is 0.769. The second kappa shape index (κ2) is 4.52. The fourth-order valence-corrected chi connectivity index (χ4v) is 2.86. The number of ether oxygens (including phenoxy) is 1. The third-order valence-electron chi connectivity index (χ3n) is 3.58. The van der Waals surface area contributed by atoms with Crippen LogP contribution in [0.3, 0.4) is 0 Å². The highest BCUT2D eigenvalue weighted by Crippen LogP contribution is 2.33. The number of hydrogen-bond acceptors (Lipinski definition) is 2. The Labute approximate surface area is 91.6 Å². The van der Waals surface area contributed by atoms with Crippen LogP contribution in [-0.2, 0) is 9.53 Å². The van der Waals surface area contributed by atoms with Gasteiger partial charge in [-0.05, 0) is 30.6 Å². The Kier molecular flexibility index (Phi) is 3.29. The first-order valence-corrected chi connectivity index (χ1v) is 6.04. The molecule has 0 aromatic rings. The van der Waals surface area contributed by atoms with Gasteiger partial charge in [-0.25, -0.2) is 0 Å². The first kappa shape index (κ1) is 10.9. The van der Waals surface area contributed by atoms with Crippen LogP contribution >= 0.6 is 0 Å². The van der Waals surface area contributed by atoms with Crippen molar-refractivity contribution in [3.05, 3.63) is 0 Å². The van der Waals surface area contributed by atoms with Crippen molar-refractivity contribution in [2.75, 3.05) is 13.2 Å². The van der Waals surface area contributed by atoms with Gasteiger partial charge in [-0.15, -0.1) is 0 Å². The fourth-order valence-electron chi connectivity index (χ4n) is 2.86. The van der Waals surface area contributed by atoms with Gasteiger partial charge >= 0.3 is 0 Å². The standard InChI is InChI=1S/C12H21NO2/c1-8(2)5-11-10(6-12(14)13-11)9-3-4-15-7-9/h8-11H,3-7H2,1-2H3,(H,13,14). The third kappa shape index (κ3) is 2.51. The maximum Gasteiger partial charge on any atom is 0.220 e. The van der Waals surface area contributed by atoms with Crippen molar-refractivity contribution < 1.29 is 9.53 Å². The second-order valence-corrected chi connectivity index (χ2v) is 5.30. The van der Waals surface area contributed by atoms with E-state index in [-0.39, 0.29) is 5.91 Å². The number of carbonyl (C=O) groups is 1. The summed E-state index contributed by atoms with van der Waals surface area (Å²) in [7, 11) is 0. The maximum atomic E-state index is 11.5. The largest absolute Gasteiger partial charge is 0.381 e. The summed E-state index contributed by atoms with van der Waals surface area (Å²) in [5.74, 6) is 2.01. The van der Waals surface area contributed by atoms with E-state index < -0.39 is 0 Å². The molecule has 2 aliphatic rings. The van der Waals surface area contributed by atoms with Crippen molar-refractivity contribution >= 4 is 5.91 Å². The maximum absolute atomic E-state index is 11.5. The molecular formula is C12H21NO2. The molecule has 1 amide bonds. The number of rotatable bonds is 3. The highest BCUT2D eigenvalue weighted by atomic mass is 16.5. The Morgan fingerprint density at radius 3 is 2.93 bits per heavy atom. The average Bonchev–Trinajstić information content (AvgIpc) is 2.72. The topological polar surface area (TPSA) is 38.3 Å². The molecule has 3 nitrogen and oxygen atoms in total. The minimum absolute atomic E-state index is 0.234. The molecule has 2 fully saturated rings. The molecular weight excluding hydrogens is 190 g/mol. The first-order valence-electron chi connectivity index (χ1n) is 6.04. The van der Waals surface area contributed by atoms with Crippen molar-refractivity contribution in [1.82, 2.24) is 5.32 Å². The lowest BCUT2D eigenvalue weighted by Crippen LogP contribution is -2.33. The minimum Gasteiger partial charge on any atom is -0.381 e. The van der Waals surface area contributed by atoms with Gasteiger partial charge in [0, 0.05) is 25.7 Å². The van der Waals surface area contributed by atoms with E-state index in [1.54, 1.807) is 0 Å². The zero-order valence-electron chi connectivity index (χ0n) is 9.66. The Hall–Kier alpha value is -0.570. The molecule has 2 saturated heterocycles. The van der Waals surface area contributed by atoms with E-state index in [9.17, 15) is 4.79 Å². The summed E-state index contributed by atoms with van der Waals surface area (Å²) in [6.45, 7) is 6.16. The third-order valence-corrected chi connectivity index (χ3v) is 3.58. The number of carbonyl (C=O) groups excluding carboxylic acids is 1. The van der Waals surface area contributed by atoms with E-state index in [1.165, 1.54) is 0 Å². The van der Waals surface area contributed by atoms with Gasteiger partial charge in [0.05, 0.1) is 0 Å². The van der Waals surface area contributed by atoms with E-state index in [0.29, 0.717) is 30.2 Å². The Morgan fingerprint density at radius 1 is 1.53 bits per heavy atom. The van der Waals surface area contributed by atoms with Gasteiger partial charge in [0.25, 0.3) is 0 Å². The summed E-state index contributed by atoms with van der Waals surface area (Å²) >= 11 is 0. The molecule has 3 heteroatoms. The van der Waals surface area contributed by atoms with E-state index in [4.69, 9.17) is 4.74 Å². The molecule has 0 radical (unpaired) electrons. The van der Waals surface area contributed by atoms with Gasteiger partial charge in [0.1, 0.15) is 0 Å². The second-order valence-electron chi connectivity index (χ2n) is 5.30. The summed E-state index contributed by atoms with van der Waals surface area (Å²) in [5, 5.41) is 3.12.